The predicted molar refractivity (Wildman–Crippen MR) is 137 cm³/mol. The number of hydrogen-bond donors (Lipinski definition) is 4. The monoisotopic (exact) mass is 473 g/mol. The summed E-state index contributed by atoms with van der Waals surface area (Å²) in [6.45, 7) is 4.24. The van der Waals surface area contributed by atoms with E-state index in [2.05, 4.69) is 56.7 Å². The molecule has 1 spiro atoms. The van der Waals surface area contributed by atoms with Crippen molar-refractivity contribution < 1.29 is 9.53 Å². The fourth-order valence-corrected chi connectivity index (χ4v) is 7.54. The van der Waals surface area contributed by atoms with E-state index in [1.54, 1.807) is 7.11 Å². The van der Waals surface area contributed by atoms with Crippen molar-refractivity contribution in [1.82, 2.24) is 16.2 Å². The van der Waals surface area contributed by atoms with Crippen LogP contribution in [0.1, 0.15) is 42.9 Å². The molecule has 3 aliphatic heterocycles. The number of nitrogens with one attached hydrogen (secondary N) is 4. The number of amides is 1. The molecule has 2 aromatic carbocycles. The normalized spacial score (nSPS) is 35.5. The fourth-order valence-electron chi connectivity index (χ4n) is 7.54. The topological polar surface area (TPSA) is 77.7 Å². The van der Waals surface area contributed by atoms with E-state index in [4.69, 9.17) is 4.74 Å². The van der Waals surface area contributed by atoms with Gasteiger partial charge in [-0.25, -0.2) is 5.43 Å². The first-order valence-corrected chi connectivity index (χ1v) is 13.2. The molecule has 7 heteroatoms. The molecule has 4 N–H and O–H groups in total. The number of methoxy groups -OCH3 is 1. The number of fused-ring (bicyclic) bond motifs is 3. The Morgan fingerprint density at radius 1 is 1.06 bits per heavy atom. The Morgan fingerprint density at radius 3 is 2.80 bits per heavy atom. The summed E-state index contributed by atoms with van der Waals surface area (Å²) in [6, 6.07) is 15.9. The van der Waals surface area contributed by atoms with Gasteiger partial charge in [0, 0.05) is 43.6 Å². The van der Waals surface area contributed by atoms with E-state index in [1.165, 1.54) is 24.1 Å². The highest BCUT2D eigenvalue weighted by Crippen LogP contribution is 2.65. The van der Waals surface area contributed by atoms with Crippen molar-refractivity contribution in [2.75, 3.05) is 43.5 Å². The van der Waals surface area contributed by atoms with Crippen molar-refractivity contribution in [1.29, 1.82) is 0 Å². The smallest absolute Gasteiger partial charge is 0.235 e. The average Bonchev–Trinajstić information content (AvgIpc) is 3.43. The summed E-state index contributed by atoms with van der Waals surface area (Å²) in [5, 5.41) is 6.59. The molecule has 2 saturated carbocycles. The van der Waals surface area contributed by atoms with Gasteiger partial charge in [0.05, 0.1) is 18.6 Å². The third-order valence-electron chi connectivity index (χ3n) is 9.45. The van der Waals surface area contributed by atoms with E-state index >= 15 is 0 Å². The van der Waals surface area contributed by atoms with Crippen LogP contribution in [0.25, 0.3) is 0 Å². The molecular formula is C28H35N5O2. The highest BCUT2D eigenvalue weighted by Gasteiger charge is 2.67. The molecule has 0 radical (unpaired) electrons. The SMILES string of the molecule is COc1ccc2c(c1)[C@]1(CC1C1CCC3C(C1)NNC3c1cccc(N3CCNCC3)c1)C(=O)N2. The molecule has 5 unspecified atom stereocenters. The first kappa shape index (κ1) is 21.7. The summed E-state index contributed by atoms with van der Waals surface area (Å²) in [6.07, 6.45) is 4.48. The number of hydrogen-bond acceptors (Lipinski definition) is 6. The summed E-state index contributed by atoms with van der Waals surface area (Å²) in [4.78, 5) is 15.6. The molecule has 5 aliphatic rings. The Labute approximate surface area is 207 Å². The van der Waals surface area contributed by atoms with Crippen LogP contribution in [0, 0.1) is 17.8 Å². The van der Waals surface area contributed by atoms with Crippen molar-refractivity contribution in [3.05, 3.63) is 53.6 Å². The highest BCUT2D eigenvalue weighted by atomic mass is 16.5. The average molecular weight is 474 g/mol. The lowest BCUT2D eigenvalue weighted by Crippen LogP contribution is -2.43. The van der Waals surface area contributed by atoms with Crippen LogP contribution in [0.3, 0.4) is 0 Å². The van der Waals surface area contributed by atoms with Crippen molar-refractivity contribution in [3.63, 3.8) is 0 Å². The number of nitrogens with zero attached hydrogens (tertiary/aromatic N) is 1. The van der Waals surface area contributed by atoms with E-state index in [9.17, 15) is 4.79 Å². The van der Waals surface area contributed by atoms with Gasteiger partial charge in [0.1, 0.15) is 5.75 Å². The number of anilines is 2. The number of hydrazine groups is 1. The summed E-state index contributed by atoms with van der Waals surface area (Å²) in [5.74, 6) is 2.60. The van der Waals surface area contributed by atoms with E-state index in [0.717, 1.165) is 56.0 Å². The van der Waals surface area contributed by atoms with Gasteiger partial charge in [-0.2, -0.15) is 0 Å². The third-order valence-corrected chi connectivity index (χ3v) is 9.45. The van der Waals surface area contributed by atoms with Gasteiger partial charge in [0.2, 0.25) is 5.91 Å². The molecular weight excluding hydrogens is 438 g/mol. The number of carbonyl (C=O) groups excluding carboxylic acids is 1. The second-order valence-corrected chi connectivity index (χ2v) is 11.1. The minimum Gasteiger partial charge on any atom is -0.497 e. The van der Waals surface area contributed by atoms with E-state index in [-0.39, 0.29) is 11.3 Å². The van der Waals surface area contributed by atoms with Crippen molar-refractivity contribution in [2.24, 2.45) is 17.8 Å². The number of rotatable bonds is 4. The number of benzene rings is 2. The Kier molecular flexibility index (Phi) is 5.09. The quantitative estimate of drug-likeness (QED) is 0.547. The van der Waals surface area contributed by atoms with Gasteiger partial charge in [-0.1, -0.05) is 12.1 Å². The van der Waals surface area contributed by atoms with Gasteiger partial charge >= 0.3 is 0 Å². The van der Waals surface area contributed by atoms with Gasteiger partial charge < -0.3 is 20.3 Å². The Hall–Kier alpha value is -2.61. The van der Waals surface area contributed by atoms with Crippen molar-refractivity contribution in [2.45, 2.75) is 43.2 Å². The van der Waals surface area contributed by atoms with Gasteiger partial charge in [-0.05, 0) is 84.9 Å². The maximum atomic E-state index is 13.1. The second-order valence-electron chi connectivity index (χ2n) is 11.1. The predicted octanol–water partition coefficient (Wildman–Crippen LogP) is 2.95. The van der Waals surface area contributed by atoms with Gasteiger partial charge in [-0.3, -0.25) is 10.2 Å². The zero-order valence-corrected chi connectivity index (χ0v) is 20.3. The summed E-state index contributed by atoms with van der Waals surface area (Å²) in [5.41, 5.74) is 11.8. The molecule has 4 fully saturated rings. The standard InChI is InChI=1S/C28H35N5O2/c1-35-20-6-8-24-22(15-20)28(27(34)30-24)16-23(28)17-5-7-21-25(14-17)31-32-26(21)18-3-2-4-19(13-18)33-11-9-29-10-12-33/h2-4,6,8,13,15,17,21,23,25-26,29,31-32H,5,7,9-12,14,16H2,1H3,(H,30,34)/t17?,21?,23?,25?,26?,28-/m0/s1. The molecule has 3 heterocycles. The Morgan fingerprint density at radius 2 is 1.94 bits per heavy atom. The van der Waals surface area contributed by atoms with E-state index in [0.29, 0.717) is 29.8 Å². The maximum Gasteiger partial charge on any atom is 0.235 e. The van der Waals surface area contributed by atoms with Crippen LogP contribution in [0.2, 0.25) is 0 Å². The van der Waals surface area contributed by atoms with Crippen LogP contribution >= 0.6 is 0 Å². The minimum atomic E-state index is -0.343. The molecule has 184 valence electrons. The first-order chi connectivity index (χ1) is 17.2. The van der Waals surface area contributed by atoms with Crippen molar-refractivity contribution >= 4 is 17.3 Å². The van der Waals surface area contributed by atoms with E-state index < -0.39 is 0 Å². The van der Waals surface area contributed by atoms with Gasteiger partial charge in [0.15, 0.2) is 0 Å². The molecule has 2 saturated heterocycles. The number of ether oxygens (including phenoxy) is 1. The molecule has 0 aromatic heterocycles. The number of piperazine rings is 1. The van der Waals surface area contributed by atoms with Crippen LogP contribution in [-0.4, -0.2) is 45.2 Å². The zero-order chi connectivity index (χ0) is 23.6. The molecule has 2 aromatic rings. The lowest BCUT2D eigenvalue weighted by Gasteiger charge is -2.34. The third kappa shape index (κ3) is 3.39. The molecule has 1 amide bonds. The lowest BCUT2D eigenvalue weighted by molar-refractivity contribution is -0.118. The van der Waals surface area contributed by atoms with Gasteiger partial charge in [-0.15, -0.1) is 0 Å². The Bertz CT molecular complexity index is 1150. The second kappa shape index (κ2) is 8.22. The van der Waals surface area contributed by atoms with Crippen LogP contribution in [0.15, 0.2) is 42.5 Å². The van der Waals surface area contributed by atoms with Crippen molar-refractivity contribution in [3.8, 4) is 5.75 Å². The molecule has 35 heavy (non-hydrogen) atoms. The molecule has 0 bridgehead atoms. The molecule has 2 aliphatic carbocycles. The van der Waals surface area contributed by atoms with Crippen LogP contribution in [-0.2, 0) is 10.2 Å². The summed E-state index contributed by atoms with van der Waals surface area (Å²) < 4.78 is 5.47. The molecule has 7 rings (SSSR count). The lowest BCUT2D eigenvalue weighted by atomic mass is 9.72. The van der Waals surface area contributed by atoms with E-state index in [1.807, 2.05) is 12.1 Å². The summed E-state index contributed by atoms with van der Waals surface area (Å²) in [7, 11) is 1.69. The van der Waals surface area contributed by atoms with Gasteiger partial charge in [0.25, 0.3) is 0 Å². The highest BCUT2D eigenvalue weighted by molar-refractivity contribution is 6.09. The fraction of sp³-hybridized carbons (Fsp3) is 0.536. The number of carbonyl (C=O) groups is 1. The van der Waals surface area contributed by atoms with Crippen LogP contribution < -0.4 is 31.1 Å². The molecule has 6 atom stereocenters. The van der Waals surface area contributed by atoms with Crippen LogP contribution in [0.5, 0.6) is 5.75 Å². The summed E-state index contributed by atoms with van der Waals surface area (Å²) >= 11 is 0. The molecule has 7 nitrogen and oxygen atoms in total. The Balaban J connectivity index is 1.06. The van der Waals surface area contributed by atoms with Crippen LogP contribution in [0.4, 0.5) is 11.4 Å². The first-order valence-electron chi connectivity index (χ1n) is 13.2. The maximum absolute atomic E-state index is 13.1. The zero-order valence-electron chi connectivity index (χ0n) is 20.3. The largest absolute Gasteiger partial charge is 0.497 e. The minimum absolute atomic E-state index is 0.188.